The maximum absolute atomic E-state index is 11.8. The number of H-pyrrole nitrogens is 1. The summed E-state index contributed by atoms with van der Waals surface area (Å²) in [6.45, 7) is -0.340. The van der Waals surface area contributed by atoms with Crippen molar-refractivity contribution in [1.29, 1.82) is 0 Å². The highest BCUT2D eigenvalue weighted by atomic mass is 79.9. The minimum absolute atomic E-state index is 0.159. The van der Waals surface area contributed by atoms with Gasteiger partial charge in [-0.1, -0.05) is 15.9 Å². The zero-order valence-corrected chi connectivity index (χ0v) is 13.3. The van der Waals surface area contributed by atoms with Gasteiger partial charge in [-0.05, 0) is 20.9 Å². The van der Waals surface area contributed by atoms with Crippen molar-refractivity contribution >= 4 is 36.3 Å². The molecular formula is C11H12Br2N2O5. The highest BCUT2D eigenvalue weighted by molar-refractivity contribution is 9.16. The van der Waals surface area contributed by atoms with Gasteiger partial charge in [0.2, 0.25) is 0 Å². The zero-order chi connectivity index (χ0) is 14.9. The van der Waals surface area contributed by atoms with E-state index in [0.717, 1.165) is 0 Å². The monoisotopic (exact) mass is 410 g/mol. The molecule has 0 aliphatic carbocycles. The number of rotatable bonds is 3. The number of ether oxygens (including phenoxy) is 1. The quantitative estimate of drug-likeness (QED) is 0.662. The summed E-state index contributed by atoms with van der Waals surface area (Å²) >= 11 is 6.28. The van der Waals surface area contributed by atoms with Crippen LogP contribution in [0.5, 0.6) is 0 Å². The van der Waals surface area contributed by atoms with E-state index in [4.69, 9.17) is 9.84 Å². The van der Waals surface area contributed by atoms with Crippen LogP contribution in [0.25, 0.3) is 4.48 Å². The number of aliphatic hydroxyl groups is 2. The van der Waals surface area contributed by atoms with Crippen LogP contribution in [-0.4, -0.2) is 38.6 Å². The molecule has 1 aliphatic rings. The average Bonchev–Trinajstić information content (AvgIpc) is 2.79. The third-order valence-corrected chi connectivity index (χ3v) is 4.74. The first kappa shape index (κ1) is 15.6. The van der Waals surface area contributed by atoms with Crippen LogP contribution in [-0.2, 0) is 4.74 Å². The van der Waals surface area contributed by atoms with E-state index in [1.54, 1.807) is 0 Å². The Kier molecular flexibility index (Phi) is 4.97. The highest BCUT2D eigenvalue weighted by Gasteiger charge is 2.35. The Hall–Kier alpha value is -0.740. The van der Waals surface area contributed by atoms with Crippen LogP contribution in [0.4, 0.5) is 0 Å². The Morgan fingerprint density at radius 3 is 2.85 bits per heavy atom. The van der Waals surface area contributed by atoms with E-state index in [1.165, 1.54) is 15.7 Å². The van der Waals surface area contributed by atoms with Gasteiger partial charge in [0, 0.05) is 17.1 Å². The average molecular weight is 412 g/mol. The molecule has 0 unspecified atom stereocenters. The Morgan fingerprint density at radius 2 is 2.30 bits per heavy atom. The maximum atomic E-state index is 11.8. The van der Waals surface area contributed by atoms with Gasteiger partial charge in [0.1, 0.15) is 12.3 Å². The van der Waals surface area contributed by atoms with E-state index in [-0.39, 0.29) is 18.6 Å². The molecule has 2 heterocycles. The van der Waals surface area contributed by atoms with Gasteiger partial charge in [-0.2, -0.15) is 0 Å². The molecule has 3 N–H and O–H groups in total. The van der Waals surface area contributed by atoms with Gasteiger partial charge in [0.15, 0.2) is 0 Å². The van der Waals surface area contributed by atoms with Gasteiger partial charge >= 0.3 is 5.69 Å². The molecule has 1 aliphatic heterocycles. The van der Waals surface area contributed by atoms with Gasteiger partial charge in [-0.15, -0.1) is 0 Å². The number of hydrogen-bond acceptors (Lipinski definition) is 5. The number of aromatic amines is 1. The third-order valence-electron chi connectivity index (χ3n) is 3.02. The number of aromatic nitrogens is 2. The van der Waals surface area contributed by atoms with Crippen molar-refractivity contribution < 1.29 is 14.9 Å². The predicted octanol–water partition coefficient (Wildman–Crippen LogP) is 0.266. The van der Waals surface area contributed by atoms with Crippen molar-refractivity contribution in [3.05, 3.63) is 37.6 Å². The van der Waals surface area contributed by atoms with Gasteiger partial charge in [-0.25, -0.2) is 4.79 Å². The number of nitrogens with one attached hydrogen (secondary N) is 1. The summed E-state index contributed by atoms with van der Waals surface area (Å²) in [6.07, 6.45) is -0.826. The van der Waals surface area contributed by atoms with Crippen molar-refractivity contribution in [2.45, 2.75) is 24.9 Å². The Labute approximate surface area is 130 Å². The van der Waals surface area contributed by atoms with E-state index >= 15 is 0 Å². The van der Waals surface area contributed by atoms with E-state index in [0.29, 0.717) is 4.48 Å². The summed E-state index contributed by atoms with van der Waals surface area (Å²) in [6, 6.07) is 0. The molecule has 7 nitrogen and oxygen atoms in total. The van der Waals surface area contributed by atoms with Crippen molar-refractivity contribution in [3.63, 3.8) is 0 Å². The SMILES string of the molecule is O=c1[nH]c(=O)n([C@H]2C[C@H](O)[C@@H](CO)O2)cc1C(Br)=CBr. The molecule has 1 saturated heterocycles. The first-order valence-corrected chi connectivity index (χ1v) is 7.45. The number of halogens is 2. The van der Waals surface area contributed by atoms with Crippen molar-refractivity contribution in [3.8, 4) is 0 Å². The predicted molar refractivity (Wildman–Crippen MR) is 78.8 cm³/mol. The molecule has 0 saturated carbocycles. The van der Waals surface area contributed by atoms with Gasteiger partial charge in [-0.3, -0.25) is 14.3 Å². The summed E-state index contributed by atoms with van der Waals surface area (Å²) in [7, 11) is 0. The van der Waals surface area contributed by atoms with Gasteiger partial charge in [0.05, 0.1) is 18.3 Å². The molecule has 20 heavy (non-hydrogen) atoms. The normalized spacial score (nSPS) is 27.0. The molecule has 3 atom stereocenters. The lowest BCUT2D eigenvalue weighted by molar-refractivity contribution is -0.0459. The zero-order valence-electron chi connectivity index (χ0n) is 10.1. The standard InChI is InChI=1S/C11H12Br2N2O5/c12-2-6(13)5-3-15(11(19)14-10(5)18)9-1-7(17)8(4-16)20-9/h2-3,7-9,16-17H,1,4H2,(H,14,18,19)/t7-,8+,9+/m0/s1. The van der Waals surface area contributed by atoms with Crippen LogP contribution in [0.15, 0.2) is 20.8 Å². The lowest BCUT2D eigenvalue weighted by Crippen LogP contribution is -2.33. The molecule has 1 aromatic rings. The fourth-order valence-electron chi connectivity index (χ4n) is 1.98. The molecule has 0 aromatic carbocycles. The van der Waals surface area contributed by atoms with Gasteiger partial charge in [0.25, 0.3) is 5.56 Å². The van der Waals surface area contributed by atoms with Crippen molar-refractivity contribution in [1.82, 2.24) is 9.55 Å². The summed E-state index contributed by atoms with van der Waals surface area (Å²) < 4.78 is 7.04. The second-order valence-electron chi connectivity index (χ2n) is 4.28. The first-order chi connectivity index (χ1) is 9.47. The van der Waals surface area contributed by atoms with Crippen LogP contribution >= 0.6 is 31.9 Å². The van der Waals surface area contributed by atoms with E-state index in [2.05, 4.69) is 36.8 Å². The lowest BCUT2D eigenvalue weighted by atomic mass is 10.2. The molecule has 0 spiro atoms. The minimum atomic E-state index is -0.859. The second-order valence-corrected chi connectivity index (χ2v) is 5.59. The third kappa shape index (κ3) is 2.96. The molecule has 0 radical (unpaired) electrons. The molecule has 2 rings (SSSR count). The lowest BCUT2D eigenvalue weighted by Gasteiger charge is -2.15. The molecule has 0 amide bonds. The highest BCUT2D eigenvalue weighted by Crippen LogP contribution is 2.28. The molecule has 0 bridgehead atoms. The number of nitrogens with zero attached hydrogens (tertiary/aromatic N) is 1. The van der Waals surface area contributed by atoms with Crippen LogP contribution in [0.1, 0.15) is 18.2 Å². The van der Waals surface area contributed by atoms with Crippen LogP contribution in [0.2, 0.25) is 0 Å². The van der Waals surface area contributed by atoms with Crippen molar-refractivity contribution in [2.75, 3.05) is 6.61 Å². The van der Waals surface area contributed by atoms with E-state index in [9.17, 15) is 14.7 Å². The fourth-order valence-corrected chi connectivity index (χ4v) is 2.51. The largest absolute Gasteiger partial charge is 0.394 e. The van der Waals surface area contributed by atoms with Crippen LogP contribution < -0.4 is 11.2 Å². The van der Waals surface area contributed by atoms with Crippen LogP contribution in [0, 0.1) is 0 Å². The summed E-state index contributed by atoms with van der Waals surface area (Å²) in [4.78, 5) is 27.2. The Balaban J connectivity index is 2.43. The molecular weight excluding hydrogens is 400 g/mol. The van der Waals surface area contributed by atoms with Gasteiger partial charge < -0.3 is 14.9 Å². The fraction of sp³-hybridized carbons (Fsp3) is 0.455. The topological polar surface area (TPSA) is 105 Å². The van der Waals surface area contributed by atoms with Crippen LogP contribution in [0.3, 0.4) is 0 Å². The summed E-state index contributed by atoms with van der Waals surface area (Å²) in [5.74, 6) is 0. The molecule has 1 fully saturated rings. The molecule has 110 valence electrons. The minimum Gasteiger partial charge on any atom is -0.394 e. The molecule has 9 heteroatoms. The summed E-state index contributed by atoms with van der Waals surface area (Å²) in [5.41, 5.74) is -0.928. The summed E-state index contributed by atoms with van der Waals surface area (Å²) in [5, 5.41) is 18.7. The van der Waals surface area contributed by atoms with Crippen molar-refractivity contribution in [2.24, 2.45) is 0 Å². The maximum Gasteiger partial charge on any atom is 0.330 e. The Morgan fingerprint density at radius 1 is 1.60 bits per heavy atom. The number of aliphatic hydroxyl groups excluding tert-OH is 2. The second kappa shape index (κ2) is 6.35. The molecule has 1 aromatic heterocycles. The smallest absolute Gasteiger partial charge is 0.330 e. The number of hydrogen-bond donors (Lipinski definition) is 3. The first-order valence-electron chi connectivity index (χ1n) is 5.74. The Bertz CT molecular complexity index is 638. The van der Waals surface area contributed by atoms with E-state index in [1.807, 2.05) is 0 Å². The van der Waals surface area contributed by atoms with E-state index < -0.39 is 29.7 Å².